The summed E-state index contributed by atoms with van der Waals surface area (Å²) in [4.78, 5) is 0. The van der Waals surface area contributed by atoms with Crippen molar-refractivity contribution >= 4 is 12.4 Å². The minimum absolute atomic E-state index is 0. The number of hydrogen-bond donors (Lipinski definition) is 3. The smallest absolute Gasteiger partial charge is 0.0964 e. The summed E-state index contributed by atoms with van der Waals surface area (Å²) in [6.45, 7) is 3.45. The second kappa shape index (κ2) is 14.3. The van der Waals surface area contributed by atoms with Crippen molar-refractivity contribution < 1.29 is 10.2 Å². The van der Waals surface area contributed by atoms with Gasteiger partial charge in [0.1, 0.15) is 0 Å². The zero-order valence-corrected chi connectivity index (χ0v) is 17.7. The van der Waals surface area contributed by atoms with Crippen LogP contribution in [0.25, 0.3) is 0 Å². The van der Waals surface area contributed by atoms with Crippen molar-refractivity contribution in [3.05, 3.63) is 11.9 Å². The molecule has 1 aliphatic rings. The number of aliphatic hydroxyl groups is 2. The molecule has 0 spiro atoms. The van der Waals surface area contributed by atoms with Crippen LogP contribution in [0.5, 0.6) is 0 Å². The Labute approximate surface area is 170 Å². The van der Waals surface area contributed by atoms with E-state index in [1.807, 2.05) is 10.9 Å². The highest BCUT2D eigenvalue weighted by atomic mass is 35.5. The van der Waals surface area contributed by atoms with E-state index in [2.05, 4.69) is 22.6 Å². The quantitative estimate of drug-likeness (QED) is 0.416. The molecule has 0 saturated carbocycles. The van der Waals surface area contributed by atoms with Gasteiger partial charge in [0.15, 0.2) is 0 Å². The van der Waals surface area contributed by atoms with Crippen molar-refractivity contribution in [2.45, 2.75) is 109 Å². The summed E-state index contributed by atoms with van der Waals surface area (Å²) in [5.74, 6) is 0. The highest BCUT2D eigenvalue weighted by molar-refractivity contribution is 5.85. The predicted molar refractivity (Wildman–Crippen MR) is 111 cm³/mol. The highest BCUT2D eigenvalue weighted by Gasteiger charge is 2.32. The fourth-order valence-electron chi connectivity index (χ4n) is 3.68. The first-order valence-electron chi connectivity index (χ1n) is 10.7. The molecule has 0 aliphatic carbocycles. The van der Waals surface area contributed by atoms with Gasteiger partial charge < -0.3 is 15.5 Å². The number of aliphatic hydroxyl groups excluding tert-OH is 2. The van der Waals surface area contributed by atoms with Gasteiger partial charge in [-0.2, -0.15) is 0 Å². The first kappa shape index (κ1) is 24.3. The summed E-state index contributed by atoms with van der Waals surface area (Å²) in [6, 6.07) is -0.0559. The first-order valence-corrected chi connectivity index (χ1v) is 10.7. The molecule has 0 unspecified atom stereocenters. The lowest BCUT2D eigenvalue weighted by Gasteiger charge is -2.15. The van der Waals surface area contributed by atoms with Gasteiger partial charge in [-0.3, -0.25) is 4.68 Å². The molecule has 1 aliphatic heterocycles. The number of rotatable bonds is 14. The van der Waals surface area contributed by atoms with Crippen LogP contribution in [-0.4, -0.2) is 50.0 Å². The molecule has 0 aromatic carbocycles. The van der Waals surface area contributed by atoms with Crippen LogP contribution in [0.1, 0.15) is 83.2 Å². The van der Waals surface area contributed by atoms with Gasteiger partial charge in [0, 0.05) is 25.3 Å². The van der Waals surface area contributed by atoms with Crippen LogP contribution in [0.2, 0.25) is 0 Å². The third-order valence-corrected chi connectivity index (χ3v) is 5.44. The maximum atomic E-state index is 9.84. The molecule has 3 atom stereocenters. The van der Waals surface area contributed by atoms with Crippen LogP contribution < -0.4 is 5.32 Å². The number of nitrogens with one attached hydrogen (secondary N) is 1. The molecule has 0 radical (unpaired) electrons. The lowest BCUT2D eigenvalue weighted by molar-refractivity contribution is 0.0384. The number of aryl methyl sites for hydroxylation is 2. The van der Waals surface area contributed by atoms with Crippen molar-refractivity contribution in [1.29, 1.82) is 0 Å². The molecule has 0 amide bonds. The molecule has 3 N–H and O–H groups in total. The topological polar surface area (TPSA) is 83.2 Å². The van der Waals surface area contributed by atoms with E-state index >= 15 is 0 Å². The summed E-state index contributed by atoms with van der Waals surface area (Å²) in [6.07, 6.45) is 15.9. The average molecular weight is 403 g/mol. The summed E-state index contributed by atoms with van der Waals surface area (Å²) in [5, 5.41) is 31.0. The summed E-state index contributed by atoms with van der Waals surface area (Å²) in [7, 11) is 0. The van der Waals surface area contributed by atoms with Gasteiger partial charge >= 0.3 is 0 Å². The Balaban J connectivity index is 0.00000364. The summed E-state index contributed by atoms with van der Waals surface area (Å²) >= 11 is 0. The Bertz CT molecular complexity index is 486. The van der Waals surface area contributed by atoms with E-state index in [9.17, 15) is 10.2 Å². The molecule has 1 fully saturated rings. The zero-order chi connectivity index (χ0) is 18.6. The fourth-order valence-corrected chi connectivity index (χ4v) is 3.68. The Morgan fingerprint density at radius 1 is 1.04 bits per heavy atom. The van der Waals surface area contributed by atoms with Gasteiger partial charge in [-0.05, 0) is 19.3 Å². The molecule has 158 valence electrons. The molecule has 1 aromatic rings. The average Bonchev–Trinajstić information content (AvgIpc) is 3.22. The molecule has 1 saturated heterocycles. The Hall–Kier alpha value is -0.690. The molecule has 1 aromatic heterocycles. The van der Waals surface area contributed by atoms with Crippen molar-refractivity contribution in [2.75, 3.05) is 6.54 Å². The minimum atomic E-state index is -0.676. The third kappa shape index (κ3) is 9.37. The monoisotopic (exact) mass is 402 g/mol. The molecule has 7 heteroatoms. The number of hydrogen-bond acceptors (Lipinski definition) is 5. The molecule has 2 rings (SSSR count). The van der Waals surface area contributed by atoms with E-state index in [4.69, 9.17) is 0 Å². The van der Waals surface area contributed by atoms with Crippen LogP contribution in [0.15, 0.2) is 6.20 Å². The standard InChI is InChI=1S/C20H38N4O2.ClH/c1-2-3-4-5-6-7-8-9-10-11-12-17-16-24(23-22-17)14-13-18-20(26)19(25)15-21-18;/h16,18-21,25-26H,2-15H2,1H3;1H/t18-,19-,20+;/m1./s1. The number of β-amino-alcohol motifs (C(OH)–C–C–N with tert-alkyl or cyclic N) is 1. The Morgan fingerprint density at radius 2 is 1.67 bits per heavy atom. The second-order valence-corrected chi connectivity index (χ2v) is 7.77. The lowest BCUT2D eigenvalue weighted by Crippen LogP contribution is -2.33. The Morgan fingerprint density at radius 3 is 2.26 bits per heavy atom. The molecule has 6 nitrogen and oxygen atoms in total. The van der Waals surface area contributed by atoms with Crippen molar-refractivity contribution in [3.63, 3.8) is 0 Å². The molecule has 27 heavy (non-hydrogen) atoms. The van der Waals surface area contributed by atoms with E-state index in [1.54, 1.807) is 0 Å². The maximum absolute atomic E-state index is 9.84. The zero-order valence-electron chi connectivity index (χ0n) is 16.9. The van der Waals surface area contributed by atoms with Crippen molar-refractivity contribution in [1.82, 2.24) is 20.3 Å². The van der Waals surface area contributed by atoms with Gasteiger partial charge in [0.05, 0.1) is 17.9 Å². The van der Waals surface area contributed by atoms with Crippen LogP contribution in [-0.2, 0) is 13.0 Å². The number of halogens is 1. The van der Waals surface area contributed by atoms with Crippen molar-refractivity contribution in [3.8, 4) is 0 Å². The minimum Gasteiger partial charge on any atom is -0.389 e. The molecule has 2 heterocycles. The van der Waals surface area contributed by atoms with Crippen LogP contribution >= 0.6 is 12.4 Å². The van der Waals surface area contributed by atoms with Gasteiger partial charge in [-0.15, -0.1) is 17.5 Å². The van der Waals surface area contributed by atoms with E-state index in [0.29, 0.717) is 13.1 Å². The van der Waals surface area contributed by atoms with Crippen LogP contribution in [0.3, 0.4) is 0 Å². The van der Waals surface area contributed by atoms with Gasteiger partial charge in [0.25, 0.3) is 0 Å². The summed E-state index contributed by atoms with van der Waals surface area (Å²) in [5.41, 5.74) is 1.06. The number of unbranched alkanes of at least 4 members (excludes halogenated alkanes) is 9. The van der Waals surface area contributed by atoms with Crippen LogP contribution in [0.4, 0.5) is 0 Å². The normalized spacial score (nSPS) is 22.1. The largest absolute Gasteiger partial charge is 0.389 e. The van der Waals surface area contributed by atoms with Gasteiger partial charge in [-0.25, -0.2) is 0 Å². The van der Waals surface area contributed by atoms with E-state index in [-0.39, 0.29) is 18.4 Å². The lowest BCUT2D eigenvalue weighted by atomic mass is 10.1. The second-order valence-electron chi connectivity index (χ2n) is 7.77. The SMILES string of the molecule is CCCCCCCCCCCCc1cn(CC[C@H]2NC[C@@H](O)[C@H]2O)nn1.Cl. The van der Waals surface area contributed by atoms with E-state index in [0.717, 1.165) is 18.5 Å². The maximum Gasteiger partial charge on any atom is 0.0964 e. The molecular weight excluding hydrogens is 364 g/mol. The van der Waals surface area contributed by atoms with Crippen molar-refractivity contribution in [2.24, 2.45) is 0 Å². The fraction of sp³-hybridized carbons (Fsp3) is 0.900. The highest BCUT2D eigenvalue weighted by Crippen LogP contribution is 2.13. The van der Waals surface area contributed by atoms with Gasteiger partial charge in [-0.1, -0.05) is 69.9 Å². The first-order chi connectivity index (χ1) is 12.7. The van der Waals surface area contributed by atoms with Gasteiger partial charge in [0.2, 0.25) is 0 Å². The van der Waals surface area contributed by atoms with E-state index < -0.39 is 12.2 Å². The molecule has 0 bridgehead atoms. The summed E-state index contributed by atoms with van der Waals surface area (Å²) < 4.78 is 1.85. The number of nitrogens with zero attached hydrogens (tertiary/aromatic N) is 3. The Kier molecular flexibility index (Phi) is 12.9. The third-order valence-electron chi connectivity index (χ3n) is 5.44. The van der Waals surface area contributed by atoms with E-state index in [1.165, 1.54) is 64.2 Å². The predicted octanol–water partition coefficient (Wildman–Crippen LogP) is 3.25. The molecular formula is C20H39ClN4O2. The van der Waals surface area contributed by atoms with Crippen LogP contribution in [0, 0.1) is 0 Å². The number of aromatic nitrogens is 3.